The van der Waals surface area contributed by atoms with Crippen LogP contribution in [0.2, 0.25) is 5.02 Å². The Labute approximate surface area is 107 Å². The largest absolute Gasteiger partial charge is 0.489 e. The first-order chi connectivity index (χ1) is 7.96. The Balaban J connectivity index is 2.39. The SMILES string of the molecule is CCC(C)(C)NCCOc1cccc(Cl)c1F. The molecule has 17 heavy (non-hydrogen) atoms. The molecule has 0 fully saturated rings. The summed E-state index contributed by atoms with van der Waals surface area (Å²) in [6.45, 7) is 7.44. The van der Waals surface area contributed by atoms with Crippen molar-refractivity contribution >= 4 is 11.6 Å². The molecule has 2 nitrogen and oxygen atoms in total. The summed E-state index contributed by atoms with van der Waals surface area (Å²) in [5.74, 6) is -0.294. The molecule has 0 saturated heterocycles. The van der Waals surface area contributed by atoms with E-state index in [1.165, 1.54) is 6.07 Å². The molecule has 1 aromatic carbocycles. The molecule has 0 saturated carbocycles. The predicted octanol–water partition coefficient (Wildman–Crippen LogP) is 3.64. The van der Waals surface area contributed by atoms with Gasteiger partial charge in [-0.05, 0) is 32.4 Å². The van der Waals surface area contributed by atoms with Gasteiger partial charge in [0.2, 0.25) is 0 Å². The van der Waals surface area contributed by atoms with Gasteiger partial charge in [0.25, 0.3) is 0 Å². The molecule has 0 atom stereocenters. The average Bonchev–Trinajstić information content (AvgIpc) is 2.30. The van der Waals surface area contributed by atoms with Gasteiger partial charge in [0, 0.05) is 12.1 Å². The average molecular weight is 260 g/mol. The smallest absolute Gasteiger partial charge is 0.183 e. The Hall–Kier alpha value is -0.800. The van der Waals surface area contributed by atoms with E-state index in [0.717, 1.165) is 6.42 Å². The zero-order chi connectivity index (χ0) is 12.9. The molecule has 4 heteroatoms. The van der Waals surface area contributed by atoms with Gasteiger partial charge in [-0.3, -0.25) is 0 Å². The maximum Gasteiger partial charge on any atom is 0.183 e. The summed E-state index contributed by atoms with van der Waals surface area (Å²) in [5, 5.41) is 3.42. The van der Waals surface area contributed by atoms with Crippen LogP contribution in [-0.2, 0) is 0 Å². The van der Waals surface area contributed by atoms with Gasteiger partial charge in [0.1, 0.15) is 6.61 Å². The van der Waals surface area contributed by atoms with E-state index in [-0.39, 0.29) is 16.3 Å². The van der Waals surface area contributed by atoms with Gasteiger partial charge in [-0.1, -0.05) is 24.6 Å². The quantitative estimate of drug-likeness (QED) is 0.788. The predicted molar refractivity (Wildman–Crippen MR) is 69.3 cm³/mol. The maximum atomic E-state index is 13.5. The Morgan fingerprint density at radius 3 is 2.76 bits per heavy atom. The number of nitrogens with one attached hydrogen (secondary N) is 1. The summed E-state index contributed by atoms with van der Waals surface area (Å²) in [6, 6.07) is 4.75. The Kier molecular flexibility index (Phi) is 5.22. The van der Waals surface area contributed by atoms with Crippen LogP contribution in [-0.4, -0.2) is 18.7 Å². The van der Waals surface area contributed by atoms with Crippen molar-refractivity contribution in [3.63, 3.8) is 0 Å². The second kappa shape index (κ2) is 6.22. The third-order valence-electron chi connectivity index (χ3n) is 2.76. The van der Waals surface area contributed by atoms with Crippen molar-refractivity contribution in [2.75, 3.05) is 13.2 Å². The van der Waals surface area contributed by atoms with Crippen LogP contribution >= 0.6 is 11.6 Å². The van der Waals surface area contributed by atoms with Crippen LogP contribution in [0.5, 0.6) is 5.75 Å². The lowest BCUT2D eigenvalue weighted by Gasteiger charge is -2.24. The molecule has 1 N–H and O–H groups in total. The number of hydrogen-bond acceptors (Lipinski definition) is 2. The van der Waals surface area contributed by atoms with Crippen molar-refractivity contribution in [1.82, 2.24) is 5.32 Å². The van der Waals surface area contributed by atoms with Gasteiger partial charge < -0.3 is 10.1 Å². The summed E-state index contributed by atoms with van der Waals surface area (Å²) < 4.78 is 18.8. The molecule has 1 rings (SSSR count). The van der Waals surface area contributed by atoms with Crippen molar-refractivity contribution in [2.24, 2.45) is 0 Å². The van der Waals surface area contributed by atoms with Crippen LogP contribution in [0.25, 0.3) is 0 Å². The molecule has 0 heterocycles. The topological polar surface area (TPSA) is 21.3 Å². The zero-order valence-electron chi connectivity index (χ0n) is 10.5. The van der Waals surface area contributed by atoms with E-state index in [2.05, 4.69) is 26.1 Å². The number of benzene rings is 1. The third-order valence-corrected chi connectivity index (χ3v) is 3.06. The second-order valence-electron chi connectivity index (χ2n) is 4.56. The zero-order valence-corrected chi connectivity index (χ0v) is 11.3. The van der Waals surface area contributed by atoms with Crippen LogP contribution in [0, 0.1) is 5.82 Å². The van der Waals surface area contributed by atoms with E-state index in [9.17, 15) is 4.39 Å². The van der Waals surface area contributed by atoms with Crippen molar-refractivity contribution in [2.45, 2.75) is 32.7 Å². The van der Waals surface area contributed by atoms with Crippen LogP contribution in [0.1, 0.15) is 27.2 Å². The van der Waals surface area contributed by atoms with Gasteiger partial charge in [0.05, 0.1) is 5.02 Å². The van der Waals surface area contributed by atoms with Gasteiger partial charge in [-0.15, -0.1) is 0 Å². The van der Waals surface area contributed by atoms with E-state index in [0.29, 0.717) is 13.2 Å². The molecular formula is C13H19ClFNO. The van der Waals surface area contributed by atoms with Crippen LogP contribution in [0.4, 0.5) is 4.39 Å². The molecule has 0 amide bonds. The van der Waals surface area contributed by atoms with E-state index >= 15 is 0 Å². The van der Waals surface area contributed by atoms with Crippen molar-refractivity contribution in [1.29, 1.82) is 0 Å². The number of halogens is 2. The lowest BCUT2D eigenvalue weighted by Crippen LogP contribution is -2.40. The first kappa shape index (κ1) is 14.3. The van der Waals surface area contributed by atoms with Crippen molar-refractivity contribution in [3.8, 4) is 5.75 Å². The maximum absolute atomic E-state index is 13.5. The van der Waals surface area contributed by atoms with Gasteiger partial charge in [0.15, 0.2) is 11.6 Å². The fourth-order valence-corrected chi connectivity index (χ4v) is 1.44. The minimum absolute atomic E-state index is 0.0796. The highest BCUT2D eigenvalue weighted by Gasteiger charge is 2.13. The Morgan fingerprint density at radius 2 is 2.12 bits per heavy atom. The van der Waals surface area contributed by atoms with Gasteiger partial charge in [-0.25, -0.2) is 4.39 Å². The Morgan fingerprint density at radius 1 is 1.41 bits per heavy atom. The van der Waals surface area contributed by atoms with E-state index in [4.69, 9.17) is 16.3 Å². The van der Waals surface area contributed by atoms with Gasteiger partial charge in [-0.2, -0.15) is 0 Å². The number of ether oxygens (including phenoxy) is 1. The monoisotopic (exact) mass is 259 g/mol. The number of rotatable bonds is 6. The van der Waals surface area contributed by atoms with Crippen molar-refractivity contribution < 1.29 is 9.13 Å². The van der Waals surface area contributed by atoms with Crippen LogP contribution in [0.15, 0.2) is 18.2 Å². The molecule has 96 valence electrons. The third kappa shape index (κ3) is 4.52. The molecule has 0 unspecified atom stereocenters. The van der Waals surface area contributed by atoms with E-state index < -0.39 is 5.82 Å². The highest BCUT2D eigenvalue weighted by Crippen LogP contribution is 2.23. The standard InChI is InChI=1S/C13H19ClFNO/c1-4-13(2,3)16-8-9-17-11-7-5-6-10(14)12(11)15/h5-7,16H,4,8-9H2,1-3H3. The minimum atomic E-state index is -0.496. The van der Waals surface area contributed by atoms with Gasteiger partial charge >= 0.3 is 0 Å². The van der Waals surface area contributed by atoms with Crippen molar-refractivity contribution in [3.05, 3.63) is 29.0 Å². The molecule has 0 radical (unpaired) electrons. The molecule has 0 aliphatic heterocycles. The summed E-state index contributed by atoms with van der Waals surface area (Å²) in [7, 11) is 0. The lowest BCUT2D eigenvalue weighted by atomic mass is 10.0. The Bertz CT molecular complexity index is 368. The fourth-order valence-electron chi connectivity index (χ4n) is 1.27. The molecule has 0 bridgehead atoms. The highest BCUT2D eigenvalue weighted by molar-refractivity contribution is 6.30. The summed E-state index contributed by atoms with van der Waals surface area (Å²) >= 11 is 5.65. The summed E-state index contributed by atoms with van der Waals surface area (Å²) in [4.78, 5) is 0. The first-order valence-corrected chi connectivity index (χ1v) is 6.16. The number of hydrogen-bond donors (Lipinski definition) is 1. The van der Waals surface area contributed by atoms with E-state index in [1.807, 2.05) is 0 Å². The summed E-state index contributed by atoms with van der Waals surface area (Å²) in [5.41, 5.74) is 0.0796. The van der Waals surface area contributed by atoms with Crippen LogP contribution < -0.4 is 10.1 Å². The molecule has 1 aromatic rings. The normalized spacial score (nSPS) is 11.6. The fraction of sp³-hybridized carbons (Fsp3) is 0.538. The molecule has 0 aliphatic rings. The van der Waals surface area contributed by atoms with E-state index in [1.54, 1.807) is 12.1 Å². The minimum Gasteiger partial charge on any atom is -0.489 e. The molecule has 0 spiro atoms. The summed E-state index contributed by atoms with van der Waals surface area (Å²) in [6.07, 6.45) is 1.03. The molecule has 0 aromatic heterocycles. The van der Waals surface area contributed by atoms with Crippen LogP contribution in [0.3, 0.4) is 0 Å². The second-order valence-corrected chi connectivity index (χ2v) is 4.97. The molecule has 0 aliphatic carbocycles. The molecular weight excluding hydrogens is 241 g/mol. The highest BCUT2D eigenvalue weighted by atomic mass is 35.5. The first-order valence-electron chi connectivity index (χ1n) is 5.78. The lowest BCUT2D eigenvalue weighted by molar-refractivity contribution is 0.271.